The Morgan fingerprint density at radius 1 is 1.14 bits per heavy atom. The van der Waals surface area contributed by atoms with Gasteiger partial charge in [0, 0.05) is 12.7 Å². The van der Waals surface area contributed by atoms with E-state index in [1.165, 1.54) is 0 Å². The second-order valence-electron chi connectivity index (χ2n) is 4.98. The summed E-state index contributed by atoms with van der Waals surface area (Å²) >= 11 is 0. The fourth-order valence-corrected chi connectivity index (χ4v) is 2.48. The molecule has 0 aliphatic heterocycles. The fraction of sp³-hybridized carbons (Fsp3) is 0.167. The zero-order valence-electron chi connectivity index (χ0n) is 12.3. The molecule has 0 bridgehead atoms. The summed E-state index contributed by atoms with van der Waals surface area (Å²) in [6.45, 7) is 0.353. The van der Waals surface area contributed by atoms with Crippen molar-refractivity contribution in [3.8, 4) is 0 Å². The Labute approximate surface area is 128 Å². The van der Waals surface area contributed by atoms with Crippen molar-refractivity contribution in [2.75, 3.05) is 13.7 Å². The van der Waals surface area contributed by atoms with E-state index in [1.54, 1.807) is 19.4 Å². The van der Waals surface area contributed by atoms with Gasteiger partial charge in [-0.2, -0.15) is 0 Å². The van der Waals surface area contributed by atoms with Gasteiger partial charge in [0.25, 0.3) is 5.91 Å². The van der Waals surface area contributed by atoms with Gasteiger partial charge in [0.15, 0.2) is 0 Å². The Kier molecular flexibility index (Phi) is 4.21. The highest BCUT2D eigenvalue weighted by atomic mass is 16.5. The molecule has 0 aliphatic rings. The van der Waals surface area contributed by atoms with E-state index in [0.29, 0.717) is 17.9 Å². The van der Waals surface area contributed by atoms with E-state index < -0.39 is 0 Å². The van der Waals surface area contributed by atoms with Crippen molar-refractivity contribution in [1.29, 1.82) is 0 Å². The first-order valence-electron chi connectivity index (χ1n) is 7.12. The molecule has 112 valence electrons. The van der Waals surface area contributed by atoms with Crippen LogP contribution in [0, 0.1) is 0 Å². The van der Waals surface area contributed by atoms with Crippen LogP contribution in [0.3, 0.4) is 0 Å². The minimum atomic E-state index is -0.297. The Bertz CT molecular complexity index is 760. The number of furan rings is 1. The van der Waals surface area contributed by atoms with Crippen molar-refractivity contribution in [3.63, 3.8) is 0 Å². The SMILES string of the molecule is CO[C@H](CNC(=O)c1cccc2ccccc12)c1ccco1. The summed E-state index contributed by atoms with van der Waals surface area (Å²) in [6.07, 6.45) is 1.29. The molecule has 1 heterocycles. The van der Waals surface area contributed by atoms with Crippen molar-refractivity contribution in [1.82, 2.24) is 5.32 Å². The van der Waals surface area contributed by atoms with Crippen LogP contribution < -0.4 is 5.32 Å². The van der Waals surface area contributed by atoms with Gasteiger partial charge in [0.05, 0.1) is 12.8 Å². The molecule has 0 saturated heterocycles. The summed E-state index contributed by atoms with van der Waals surface area (Å²) in [5.74, 6) is 0.575. The molecule has 0 spiro atoms. The first kappa shape index (κ1) is 14.4. The van der Waals surface area contributed by atoms with Gasteiger partial charge in [-0.05, 0) is 29.0 Å². The number of benzene rings is 2. The quantitative estimate of drug-likeness (QED) is 0.783. The molecule has 2 aromatic carbocycles. The predicted octanol–water partition coefficient (Wildman–Crippen LogP) is 3.55. The van der Waals surface area contributed by atoms with Crippen LogP contribution in [-0.4, -0.2) is 19.6 Å². The number of ether oxygens (including phenoxy) is 1. The van der Waals surface area contributed by atoms with Crippen LogP contribution in [0.4, 0.5) is 0 Å². The number of carbonyl (C=O) groups excluding carboxylic acids is 1. The van der Waals surface area contributed by atoms with Crippen LogP contribution >= 0.6 is 0 Å². The largest absolute Gasteiger partial charge is 0.467 e. The number of rotatable bonds is 5. The fourth-order valence-electron chi connectivity index (χ4n) is 2.48. The molecule has 3 aromatic rings. The summed E-state index contributed by atoms with van der Waals surface area (Å²) in [7, 11) is 1.59. The highest BCUT2D eigenvalue weighted by molar-refractivity contribution is 6.06. The van der Waals surface area contributed by atoms with E-state index in [0.717, 1.165) is 10.8 Å². The van der Waals surface area contributed by atoms with Crippen LogP contribution in [0.25, 0.3) is 10.8 Å². The molecule has 4 nitrogen and oxygen atoms in total. The van der Waals surface area contributed by atoms with Crippen molar-refractivity contribution < 1.29 is 13.9 Å². The number of methoxy groups -OCH3 is 1. The van der Waals surface area contributed by atoms with E-state index in [-0.39, 0.29) is 12.0 Å². The molecule has 1 amide bonds. The van der Waals surface area contributed by atoms with Crippen LogP contribution in [-0.2, 0) is 4.74 Å². The average molecular weight is 295 g/mol. The van der Waals surface area contributed by atoms with Gasteiger partial charge in [-0.3, -0.25) is 4.79 Å². The molecule has 1 atom stereocenters. The Hall–Kier alpha value is -2.59. The molecular formula is C18H17NO3. The molecule has 3 rings (SSSR count). The van der Waals surface area contributed by atoms with E-state index in [4.69, 9.17) is 9.15 Å². The topological polar surface area (TPSA) is 51.5 Å². The summed E-state index contributed by atoms with van der Waals surface area (Å²) in [5, 5.41) is 4.89. The molecule has 0 unspecified atom stereocenters. The molecule has 0 saturated carbocycles. The number of amides is 1. The second kappa shape index (κ2) is 6.45. The van der Waals surface area contributed by atoms with Gasteiger partial charge < -0.3 is 14.5 Å². The maximum absolute atomic E-state index is 12.5. The van der Waals surface area contributed by atoms with Crippen LogP contribution in [0.2, 0.25) is 0 Å². The summed E-state index contributed by atoms with van der Waals surface area (Å²) in [4.78, 5) is 12.5. The van der Waals surface area contributed by atoms with E-state index in [1.807, 2.05) is 48.5 Å². The van der Waals surface area contributed by atoms with Crippen LogP contribution in [0.5, 0.6) is 0 Å². The lowest BCUT2D eigenvalue weighted by molar-refractivity contribution is 0.0739. The van der Waals surface area contributed by atoms with Crippen LogP contribution in [0.15, 0.2) is 65.3 Å². The first-order valence-corrected chi connectivity index (χ1v) is 7.12. The van der Waals surface area contributed by atoms with Crippen molar-refractivity contribution >= 4 is 16.7 Å². The second-order valence-corrected chi connectivity index (χ2v) is 4.98. The molecule has 1 N–H and O–H groups in total. The monoisotopic (exact) mass is 295 g/mol. The molecule has 0 aliphatic carbocycles. The zero-order chi connectivity index (χ0) is 15.4. The minimum Gasteiger partial charge on any atom is -0.467 e. The highest BCUT2D eigenvalue weighted by Crippen LogP contribution is 2.19. The smallest absolute Gasteiger partial charge is 0.252 e. The Morgan fingerprint density at radius 2 is 1.95 bits per heavy atom. The van der Waals surface area contributed by atoms with E-state index in [9.17, 15) is 4.79 Å². The van der Waals surface area contributed by atoms with E-state index >= 15 is 0 Å². The van der Waals surface area contributed by atoms with Gasteiger partial charge in [-0.15, -0.1) is 0 Å². The first-order chi connectivity index (χ1) is 10.8. The van der Waals surface area contributed by atoms with Gasteiger partial charge in [-0.25, -0.2) is 0 Å². The Morgan fingerprint density at radius 3 is 2.73 bits per heavy atom. The molecular weight excluding hydrogens is 278 g/mol. The van der Waals surface area contributed by atoms with Gasteiger partial charge in [-0.1, -0.05) is 36.4 Å². The zero-order valence-corrected chi connectivity index (χ0v) is 12.3. The maximum atomic E-state index is 12.5. The van der Waals surface area contributed by atoms with Crippen molar-refractivity contribution in [2.24, 2.45) is 0 Å². The van der Waals surface area contributed by atoms with Crippen molar-refractivity contribution in [3.05, 3.63) is 72.2 Å². The lowest BCUT2D eigenvalue weighted by Gasteiger charge is -2.14. The molecule has 0 radical (unpaired) electrons. The van der Waals surface area contributed by atoms with Crippen LogP contribution in [0.1, 0.15) is 22.2 Å². The third-order valence-corrected chi connectivity index (χ3v) is 3.63. The summed E-state index contributed by atoms with van der Waals surface area (Å²) in [6, 6.07) is 17.2. The Balaban J connectivity index is 1.76. The molecule has 22 heavy (non-hydrogen) atoms. The number of carbonyl (C=O) groups is 1. The van der Waals surface area contributed by atoms with E-state index in [2.05, 4.69) is 5.32 Å². The standard InChI is InChI=1S/C18H17NO3/c1-21-17(16-10-5-11-22-16)12-19-18(20)15-9-4-7-13-6-2-3-8-14(13)15/h2-11,17H,12H2,1H3,(H,19,20)/t17-/m1/s1. The molecule has 0 fully saturated rings. The van der Waals surface area contributed by atoms with Gasteiger partial charge >= 0.3 is 0 Å². The number of fused-ring (bicyclic) bond motifs is 1. The lowest BCUT2D eigenvalue weighted by atomic mass is 10.0. The number of hydrogen-bond donors (Lipinski definition) is 1. The number of hydrogen-bond acceptors (Lipinski definition) is 3. The van der Waals surface area contributed by atoms with Gasteiger partial charge in [0.1, 0.15) is 11.9 Å². The summed E-state index contributed by atoms with van der Waals surface area (Å²) in [5.41, 5.74) is 0.660. The third-order valence-electron chi connectivity index (χ3n) is 3.63. The normalized spacial score (nSPS) is 12.2. The predicted molar refractivity (Wildman–Crippen MR) is 84.7 cm³/mol. The maximum Gasteiger partial charge on any atom is 0.252 e. The van der Waals surface area contributed by atoms with Gasteiger partial charge in [0.2, 0.25) is 0 Å². The molecule has 4 heteroatoms. The van der Waals surface area contributed by atoms with Crippen molar-refractivity contribution in [2.45, 2.75) is 6.10 Å². The minimum absolute atomic E-state index is 0.120. The highest BCUT2D eigenvalue weighted by Gasteiger charge is 2.16. The summed E-state index contributed by atoms with van der Waals surface area (Å²) < 4.78 is 10.7. The third kappa shape index (κ3) is 2.87. The number of nitrogens with one attached hydrogen (secondary N) is 1. The average Bonchev–Trinajstić information content (AvgIpc) is 3.09. The lowest BCUT2D eigenvalue weighted by Crippen LogP contribution is -2.29. The molecule has 1 aromatic heterocycles.